The number of furan rings is 1. The van der Waals surface area contributed by atoms with Crippen LogP contribution in [0.25, 0.3) is 10.8 Å². The van der Waals surface area contributed by atoms with Crippen molar-refractivity contribution >= 4 is 16.8 Å². The van der Waals surface area contributed by atoms with Gasteiger partial charge in [-0.25, -0.2) is 4.79 Å². The predicted molar refractivity (Wildman–Crippen MR) is 92.5 cm³/mol. The normalized spacial score (nSPS) is 12.0. The van der Waals surface area contributed by atoms with Gasteiger partial charge in [0.05, 0.1) is 6.26 Å². The molecule has 1 heterocycles. The molecule has 2 aromatic carbocycles. The summed E-state index contributed by atoms with van der Waals surface area (Å²) in [4.78, 5) is 11.9. The van der Waals surface area contributed by atoms with Gasteiger partial charge in [-0.3, -0.25) is 0 Å². The second kappa shape index (κ2) is 7.66. The Morgan fingerprint density at radius 3 is 2.71 bits per heavy atom. The van der Waals surface area contributed by atoms with Crippen molar-refractivity contribution in [2.75, 3.05) is 6.54 Å². The Balaban J connectivity index is 1.47. The number of fused-ring (bicyclic) bond motifs is 1. The van der Waals surface area contributed by atoms with Crippen LogP contribution in [-0.4, -0.2) is 17.7 Å². The van der Waals surface area contributed by atoms with Gasteiger partial charge in [-0.05, 0) is 34.9 Å². The molecule has 3 rings (SSSR count). The number of amides is 2. The topological polar surface area (TPSA) is 74.5 Å². The van der Waals surface area contributed by atoms with E-state index in [0.717, 1.165) is 16.3 Å². The van der Waals surface area contributed by atoms with Gasteiger partial charge in [0.2, 0.25) is 0 Å². The molecule has 5 nitrogen and oxygen atoms in total. The molecule has 1 aromatic heterocycles. The lowest BCUT2D eigenvalue weighted by molar-refractivity contribution is 0.140. The monoisotopic (exact) mass is 324 g/mol. The molecule has 124 valence electrons. The molecule has 0 aliphatic carbocycles. The van der Waals surface area contributed by atoms with Crippen molar-refractivity contribution in [2.24, 2.45) is 0 Å². The van der Waals surface area contributed by atoms with Crippen LogP contribution >= 0.6 is 0 Å². The Morgan fingerprint density at radius 1 is 1.04 bits per heavy atom. The number of benzene rings is 2. The maximum Gasteiger partial charge on any atom is 0.315 e. The fourth-order valence-electron chi connectivity index (χ4n) is 2.63. The molecule has 0 fully saturated rings. The number of aliphatic hydroxyl groups excluding tert-OH is 1. The molecule has 0 radical (unpaired) electrons. The van der Waals surface area contributed by atoms with Crippen LogP contribution in [-0.2, 0) is 6.54 Å². The summed E-state index contributed by atoms with van der Waals surface area (Å²) in [7, 11) is 0. The molecule has 3 N–H and O–H groups in total. The number of hydrogen-bond acceptors (Lipinski definition) is 3. The van der Waals surface area contributed by atoms with Crippen molar-refractivity contribution < 1.29 is 14.3 Å². The second-order valence-electron chi connectivity index (χ2n) is 5.57. The van der Waals surface area contributed by atoms with Crippen LogP contribution in [0.15, 0.2) is 65.3 Å². The van der Waals surface area contributed by atoms with Crippen LogP contribution in [0.4, 0.5) is 4.79 Å². The molecule has 5 heteroatoms. The van der Waals surface area contributed by atoms with Gasteiger partial charge in [0.15, 0.2) is 0 Å². The highest BCUT2D eigenvalue weighted by Crippen LogP contribution is 2.18. The number of carbonyl (C=O) groups excluding carboxylic acids is 1. The fraction of sp³-hybridized carbons (Fsp3) is 0.211. The average molecular weight is 324 g/mol. The van der Waals surface area contributed by atoms with E-state index < -0.39 is 6.10 Å². The lowest BCUT2D eigenvalue weighted by Crippen LogP contribution is -2.36. The number of rotatable bonds is 6. The quantitative estimate of drug-likeness (QED) is 0.651. The van der Waals surface area contributed by atoms with Gasteiger partial charge in [-0.2, -0.15) is 0 Å². The third-order valence-corrected chi connectivity index (χ3v) is 3.89. The summed E-state index contributed by atoms with van der Waals surface area (Å²) in [5.74, 6) is 0.507. The van der Waals surface area contributed by atoms with Crippen LogP contribution in [0.5, 0.6) is 0 Å². The fourth-order valence-corrected chi connectivity index (χ4v) is 2.63. The molecule has 0 saturated heterocycles. The minimum Gasteiger partial charge on any atom is -0.467 e. The van der Waals surface area contributed by atoms with Crippen LogP contribution < -0.4 is 10.6 Å². The summed E-state index contributed by atoms with van der Waals surface area (Å²) >= 11 is 0. The predicted octanol–water partition coefficient (Wildman–Crippen LogP) is 3.36. The summed E-state index contributed by atoms with van der Waals surface area (Å²) < 4.78 is 5.12. The molecular formula is C19H20N2O3. The first kappa shape index (κ1) is 16.1. The Labute approximate surface area is 140 Å². The first-order chi connectivity index (χ1) is 11.7. The third kappa shape index (κ3) is 3.94. The highest BCUT2D eigenvalue weighted by Gasteiger charge is 2.10. The van der Waals surface area contributed by atoms with Crippen molar-refractivity contribution in [1.29, 1.82) is 0 Å². The van der Waals surface area contributed by atoms with E-state index in [1.807, 2.05) is 30.3 Å². The number of nitrogens with one attached hydrogen (secondary N) is 2. The molecule has 0 aliphatic rings. The van der Waals surface area contributed by atoms with Gasteiger partial charge in [0, 0.05) is 13.1 Å². The van der Waals surface area contributed by atoms with Crippen LogP contribution in [0.2, 0.25) is 0 Å². The minimum absolute atomic E-state index is 0.255. The lowest BCUT2D eigenvalue weighted by atomic mass is 10.0. The molecule has 2 amide bonds. The Morgan fingerprint density at radius 2 is 1.88 bits per heavy atom. The molecule has 1 unspecified atom stereocenters. The van der Waals surface area contributed by atoms with E-state index in [1.165, 1.54) is 6.26 Å². The number of aliphatic hydroxyl groups is 1. The number of hydrogen-bond donors (Lipinski definition) is 3. The summed E-state index contributed by atoms with van der Waals surface area (Å²) in [5.41, 5.74) is 1.07. The van der Waals surface area contributed by atoms with Crippen molar-refractivity contribution in [1.82, 2.24) is 10.6 Å². The van der Waals surface area contributed by atoms with Crippen LogP contribution in [0, 0.1) is 0 Å². The van der Waals surface area contributed by atoms with E-state index in [0.29, 0.717) is 25.3 Å². The number of urea groups is 1. The first-order valence-corrected chi connectivity index (χ1v) is 7.94. The average Bonchev–Trinajstić information content (AvgIpc) is 3.14. The largest absolute Gasteiger partial charge is 0.467 e. The Hall–Kier alpha value is -2.79. The van der Waals surface area contributed by atoms with Crippen LogP contribution in [0.3, 0.4) is 0 Å². The standard InChI is InChI=1S/C19H20N2O3/c22-17(18-9-4-12-24-18)10-11-20-19(23)21-13-15-7-3-6-14-5-1-2-8-16(14)15/h1-9,12,17,22H,10-11,13H2,(H2,20,21,23). The molecular weight excluding hydrogens is 304 g/mol. The highest BCUT2D eigenvalue weighted by molar-refractivity contribution is 5.86. The van der Waals surface area contributed by atoms with Gasteiger partial charge in [-0.1, -0.05) is 42.5 Å². The zero-order valence-corrected chi connectivity index (χ0v) is 13.2. The summed E-state index contributed by atoms with van der Waals surface area (Å²) in [5, 5.41) is 17.8. The zero-order chi connectivity index (χ0) is 16.8. The molecule has 1 atom stereocenters. The summed E-state index contributed by atoms with van der Waals surface area (Å²) in [6.45, 7) is 0.817. The molecule has 3 aromatic rings. The van der Waals surface area contributed by atoms with Crippen molar-refractivity contribution in [3.05, 3.63) is 72.2 Å². The maximum atomic E-state index is 11.9. The van der Waals surface area contributed by atoms with Gasteiger partial charge in [-0.15, -0.1) is 0 Å². The second-order valence-corrected chi connectivity index (χ2v) is 5.57. The van der Waals surface area contributed by atoms with E-state index in [2.05, 4.69) is 22.8 Å². The molecule has 0 aliphatic heterocycles. The van der Waals surface area contributed by atoms with Gasteiger partial charge in [0.1, 0.15) is 11.9 Å². The van der Waals surface area contributed by atoms with Gasteiger partial charge in [0.25, 0.3) is 0 Å². The minimum atomic E-state index is -0.710. The molecule has 0 spiro atoms. The molecule has 0 saturated carbocycles. The first-order valence-electron chi connectivity index (χ1n) is 7.94. The maximum absolute atomic E-state index is 11.9. The summed E-state index contributed by atoms with van der Waals surface area (Å²) in [6.07, 6.45) is 1.20. The summed E-state index contributed by atoms with van der Waals surface area (Å²) in [6, 6.07) is 17.3. The van der Waals surface area contributed by atoms with Crippen molar-refractivity contribution in [3.63, 3.8) is 0 Å². The van der Waals surface area contributed by atoms with Gasteiger partial charge < -0.3 is 20.2 Å². The smallest absolute Gasteiger partial charge is 0.315 e. The SMILES string of the molecule is O=C(NCCC(O)c1ccco1)NCc1cccc2ccccc12. The molecule has 24 heavy (non-hydrogen) atoms. The molecule has 0 bridgehead atoms. The lowest BCUT2D eigenvalue weighted by Gasteiger charge is -2.11. The van der Waals surface area contributed by atoms with Crippen molar-refractivity contribution in [3.8, 4) is 0 Å². The zero-order valence-electron chi connectivity index (χ0n) is 13.2. The van der Waals surface area contributed by atoms with E-state index in [4.69, 9.17) is 4.42 Å². The van der Waals surface area contributed by atoms with E-state index in [9.17, 15) is 9.90 Å². The van der Waals surface area contributed by atoms with E-state index in [-0.39, 0.29) is 6.03 Å². The van der Waals surface area contributed by atoms with Crippen molar-refractivity contribution in [2.45, 2.75) is 19.1 Å². The van der Waals surface area contributed by atoms with Crippen LogP contribution in [0.1, 0.15) is 23.8 Å². The Kier molecular flexibility index (Phi) is 5.13. The highest BCUT2D eigenvalue weighted by atomic mass is 16.4. The van der Waals surface area contributed by atoms with E-state index in [1.54, 1.807) is 12.1 Å². The van der Waals surface area contributed by atoms with E-state index >= 15 is 0 Å². The number of carbonyl (C=O) groups is 1. The Bertz CT molecular complexity index is 794. The third-order valence-electron chi connectivity index (χ3n) is 3.89. The van der Waals surface area contributed by atoms with Gasteiger partial charge >= 0.3 is 6.03 Å².